The third-order valence-electron chi connectivity index (χ3n) is 6.55. The van der Waals surface area contributed by atoms with E-state index >= 15 is 0 Å². The van der Waals surface area contributed by atoms with E-state index in [0.29, 0.717) is 18.0 Å². The standard InChI is InChI=1S/C23H33F3N4O/c1-5-7-15-12-16(30(4)14(2)3)10-11-18(15)28-21(31)13-20-27-19-9-6-8-17(22(19)29-20)23(24,25)26/h6,8-9,14-16,18H,5,7,10-13H2,1-4H3,(H,27,29)(H,28,31)/t15-,16-,18+/m1/s1. The van der Waals surface area contributed by atoms with Crippen LogP contribution in [0.15, 0.2) is 18.2 Å². The first-order valence-electron chi connectivity index (χ1n) is 11.2. The second kappa shape index (κ2) is 9.59. The van der Waals surface area contributed by atoms with Gasteiger partial charge in [-0.05, 0) is 64.6 Å². The maximum Gasteiger partial charge on any atom is 0.418 e. The van der Waals surface area contributed by atoms with Crippen molar-refractivity contribution in [3.05, 3.63) is 29.6 Å². The number of fused-ring (bicyclic) bond motifs is 1. The number of amides is 1. The molecule has 172 valence electrons. The Bertz CT molecular complexity index is 893. The molecule has 5 nitrogen and oxygen atoms in total. The Hall–Kier alpha value is -2.09. The molecule has 1 aliphatic carbocycles. The second-order valence-electron chi connectivity index (χ2n) is 9.01. The van der Waals surface area contributed by atoms with Gasteiger partial charge in [0.25, 0.3) is 0 Å². The number of aromatic amines is 1. The number of carbonyl (C=O) groups excluding carboxylic acids is 1. The molecular formula is C23H33F3N4O. The van der Waals surface area contributed by atoms with E-state index in [1.54, 1.807) is 0 Å². The van der Waals surface area contributed by atoms with Crippen molar-refractivity contribution in [3.63, 3.8) is 0 Å². The van der Waals surface area contributed by atoms with Crippen molar-refractivity contribution in [1.29, 1.82) is 0 Å². The summed E-state index contributed by atoms with van der Waals surface area (Å²) in [7, 11) is 2.16. The number of imidazole rings is 1. The Morgan fingerprint density at radius 2 is 2.06 bits per heavy atom. The van der Waals surface area contributed by atoms with Gasteiger partial charge in [0.05, 0.1) is 23.0 Å². The molecule has 0 saturated heterocycles. The number of rotatable bonds is 7. The van der Waals surface area contributed by atoms with Gasteiger partial charge in [0, 0.05) is 18.1 Å². The zero-order chi connectivity index (χ0) is 22.8. The SMILES string of the molecule is CCC[C@@H]1C[C@H](N(C)C(C)C)CC[C@@H]1NC(=O)Cc1nc2cccc(C(F)(F)F)c2[nH]1. The summed E-state index contributed by atoms with van der Waals surface area (Å²) in [6.07, 6.45) is 0.562. The Kier molecular flexibility index (Phi) is 7.29. The topological polar surface area (TPSA) is 61.0 Å². The summed E-state index contributed by atoms with van der Waals surface area (Å²) in [5.74, 6) is 0.459. The number of halogens is 3. The van der Waals surface area contributed by atoms with E-state index in [-0.39, 0.29) is 35.2 Å². The van der Waals surface area contributed by atoms with Crippen LogP contribution < -0.4 is 5.32 Å². The third-order valence-corrected chi connectivity index (χ3v) is 6.55. The van der Waals surface area contributed by atoms with Gasteiger partial charge in [-0.3, -0.25) is 4.79 Å². The van der Waals surface area contributed by atoms with E-state index < -0.39 is 11.7 Å². The third kappa shape index (κ3) is 5.59. The van der Waals surface area contributed by atoms with E-state index in [9.17, 15) is 18.0 Å². The quantitative estimate of drug-likeness (QED) is 0.645. The van der Waals surface area contributed by atoms with Crippen LogP contribution in [-0.2, 0) is 17.4 Å². The summed E-state index contributed by atoms with van der Waals surface area (Å²) < 4.78 is 39.7. The molecule has 3 rings (SSSR count). The molecule has 1 aromatic heterocycles. The van der Waals surface area contributed by atoms with Crippen LogP contribution in [0.1, 0.15) is 64.3 Å². The molecule has 31 heavy (non-hydrogen) atoms. The molecule has 1 heterocycles. The molecule has 0 radical (unpaired) electrons. The lowest BCUT2D eigenvalue weighted by Gasteiger charge is -2.41. The van der Waals surface area contributed by atoms with Gasteiger partial charge in [-0.1, -0.05) is 19.4 Å². The van der Waals surface area contributed by atoms with Gasteiger partial charge < -0.3 is 15.2 Å². The fourth-order valence-corrected chi connectivity index (χ4v) is 4.72. The van der Waals surface area contributed by atoms with Crippen molar-refractivity contribution in [2.24, 2.45) is 5.92 Å². The highest BCUT2D eigenvalue weighted by molar-refractivity contribution is 5.82. The average molecular weight is 439 g/mol. The minimum Gasteiger partial charge on any atom is -0.353 e. The summed E-state index contributed by atoms with van der Waals surface area (Å²) in [6.45, 7) is 6.54. The molecule has 2 N–H and O–H groups in total. The van der Waals surface area contributed by atoms with Crippen molar-refractivity contribution < 1.29 is 18.0 Å². The van der Waals surface area contributed by atoms with E-state index in [1.807, 2.05) is 0 Å². The van der Waals surface area contributed by atoms with Crippen LogP contribution >= 0.6 is 0 Å². The van der Waals surface area contributed by atoms with Crippen LogP contribution in [0.3, 0.4) is 0 Å². The van der Waals surface area contributed by atoms with Gasteiger partial charge in [-0.15, -0.1) is 0 Å². The first-order valence-corrected chi connectivity index (χ1v) is 11.2. The van der Waals surface area contributed by atoms with Crippen molar-refractivity contribution in [3.8, 4) is 0 Å². The Morgan fingerprint density at radius 1 is 1.32 bits per heavy atom. The number of benzene rings is 1. The van der Waals surface area contributed by atoms with Gasteiger partial charge in [0.15, 0.2) is 0 Å². The number of alkyl halides is 3. The Morgan fingerprint density at radius 3 is 2.71 bits per heavy atom. The number of hydrogen-bond donors (Lipinski definition) is 2. The molecule has 1 aliphatic rings. The lowest BCUT2D eigenvalue weighted by atomic mass is 9.78. The molecule has 1 amide bonds. The van der Waals surface area contributed by atoms with E-state index in [4.69, 9.17) is 0 Å². The molecule has 0 spiro atoms. The van der Waals surface area contributed by atoms with Crippen molar-refractivity contribution in [2.45, 2.75) is 83.6 Å². The monoisotopic (exact) mass is 438 g/mol. The molecule has 1 aromatic carbocycles. The largest absolute Gasteiger partial charge is 0.418 e. The predicted molar refractivity (Wildman–Crippen MR) is 116 cm³/mol. The van der Waals surface area contributed by atoms with Crippen molar-refractivity contribution in [2.75, 3.05) is 7.05 Å². The first-order chi connectivity index (χ1) is 14.6. The highest BCUT2D eigenvalue weighted by atomic mass is 19.4. The molecule has 1 fully saturated rings. The lowest BCUT2D eigenvalue weighted by molar-refractivity contribution is -0.136. The van der Waals surface area contributed by atoms with E-state index in [0.717, 1.165) is 38.2 Å². The molecule has 3 atom stereocenters. The number of para-hydroxylation sites is 1. The number of hydrogen-bond acceptors (Lipinski definition) is 3. The summed E-state index contributed by atoms with van der Waals surface area (Å²) in [5.41, 5.74) is -0.614. The van der Waals surface area contributed by atoms with Gasteiger partial charge in [-0.2, -0.15) is 13.2 Å². The normalized spacial score (nSPS) is 22.4. The number of H-pyrrole nitrogens is 1. The minimum atomic E-state index is -4.47. The minimum absolute atomic E-state index is 0.0589. The molecular weight excluding hydrogens is 405 g/mol. The zero-order valence-electron chi connectivity index (χ0n) is 18.7. The summed E-state index contributed by atoms with van der Waals surface area (Å²) in [5, 5.41) is 3.14. The highest BCUT2D eigenvalue weighted by Gasteiger charge is 2.35. The summed E-state index contributed by atoms with van der Waals surface area (Å²) in [4.78, 5) is 22.0. The molecule has 0 aliphatic heterocycles. The number of nitrogens with zero attached hydrogens (tertiary/aromatic N) is 2. The van der Waals surface area contributed by atoms with Gasteiger partial charge in [0.1, 0.15) is 5.82 Å². The second-order valence-corrected chi connectivity index (χ2v) is 9.01. The lowest BCUT2D eigenvalue weighted by Crippen LogP contribution is -2.49. The molecule has 0 bridgehead atoms. The van der Waals surface area contributed by atoms with Crippen LogP contribution in [0.25, 0.3) is 11.0 Å². The zero-order valence-corrected chi connectivity index (χ0v) is 18.7. The number of aromatic nitrogens is 2. The smallest absolute Gasteiger partial charge is 0.353 e. The summed E-state index contributed by atoms with van der Waals surface area (Å²) >= 11 is 0. The number of carbonyl (C=O) groups is 1. The van der Waals surface area contributed by atoms with Crippen molar-refractivity contribution >= 4 is 16.9 Å². The van der Waals surface area contributed by atoms with Crippen LogP contribution in [0.2, 0.25) is 0 Å². The number of nitrogens with one attached hydrogen (secondary N) is 2. The van der Waals surface area contributed by atoms with Crippen LogP contribution in [-0.4, -0.2) is 45.9 Å². The molecule has 0 unspecified atom stereocenters. The average Bonchev–Trinajstić information content (AvgIpc) is 3.10. The van der Waals surface area contributed by atoms with Gasteiger partial charge in [-0.25, -0.2) is 4.98 Å². The predicted octanol–water partition coefficient (Wildman–Crippen LogP) is 4.92. The Labute approximate surface area is 181 Å². The molecule has 1 saturated carbocycles. The maximum atomic E-state index is 13.2. The maximum absolute atomic E-state index is 13.2. The van der Waals surface area contributed by atoms with Gasteiger partial charge in [0.2, 0.25) is 5.91 Å². The van der Waals surface area contributed by atoms with E-state index in [1.165, 1.54) is 12.1 Å². The molecule has 8 heteroatoms. The van der Waals surface area contributed by atoms with Crippen molar-refractivity contribution in [1.82, 2.24) is 20.2 Å². The summed E-state index contributed by atoms with van der Waals surface area (Å²) in [6, 6.07) is 4.96. The first kappa shape index (κ1) is 23.6. The fraction of sp³-hybridized carbons (Fsp3) is 0.652. The molecule has 2 aromatic rings. The van der Waals surface area contributed by atoms with Crippen LogP contribution in [0.5, 0.6) is 0 Å². The highest BCUT2D eigenvalue weighted by Crippen LogP contribution is 2.34. The Balaban J connectivity index is 1.67. The fourth-order valence-electron chi connectivity index (χ4n) is 4.72. The van der Waals surface area contributed by atoms with Crippen LogP contribution in [0, 0.1) is 5.92 Å². The van der Waals surface area contributed by atoms with Crippen LogP contribution in [0.4, 0.5) is 13.2 Å². The van der Waals surface area contributed by atoms with Gasteiger partial charge >= 0.3 is 6.18 Å². The van der Waals surface area contributed by atoms with E-state index in [2.05, 4.69) is 48.0 Å².